The van der Waals surface area contributed by atoms with E-state index >= 15 is 0 Å². The van der Waals surface area contributed by atoms with Crippen LogP contribution in [0.4, 0.5) is 0 Å². The first-order valence-electron chi connectivity index (χ1n) is 14.1. The maximum atomic E-state index is 13.5. The van der Waals surface area contributed by atoms with Crippen LogP contribution in [0.1, 0.15) is 76.3 Å². The van der Waals surface area contributed by atoms with Crippen LogP contribution in [-0.4, -0.2) is 45.2 Å². The average Bonchev–Trinajstić information content (AvgIpc) is 2.93. The zero-order chi connectivity index (χ0) is 25.9. The van der Waals surface area contributed by atoms with Crippen molar-refractivity contribution in [2.75, 3.05) is 13.1 Å². The SMILES string of the molecule is CC[C@@H]1CCCCN1Cc1c(O)c(CN2CCCC[C@H]2CC)c2oc(-c3ccccc3)cc(=O)c2c1O. The van der Waals surface area contributed by atoms with Gasteiger partial charge in [0.1, 0.15) is 22.6 Å². The van der Waals surface area contributed by atoms with Crippen molar-refractivity contribution in [2.45, 2.75) is 90.4 Å². The molecule has 0 unspecified atom stereocenters. The van der Waals surface area contributed by atoms with Crippen molar-refractivity contribution in [2.24, 2.45) is 0 Å². The maximum absolute atomic E-state index is 13.5. The minimum atomic E-state index is -0.281. The third kappa shape index (κ3) is 5.14. The average molecular weight is 505 g/mol. The highest BCUT2D eigenvalue weighted by molar-refractivity contribution is 5.91. The van der Waals surface area contributed by atoms with Crippen LogP contribution in [0.2, 0.25) is 0 Å². The Kier molecular flexibility index (Phi) is 7.87. The van der Waals surface area contributed by atoms with E-state index in [9.17, 15) is 15.0 Å². The van der Waals surface area contributed by atoms with Crippen LogP contribution < -0.4 is 5.43 Å². The summed E-state index contributed by atoms with van der Waals surface area (Å²) in [7, 11) is 0. The van der Waals surface area contributed by atoms with Crippen molar-refractivity contribution in [1.29, 1.82) is 0 Å². The van der Waals surface area contributed by atoms with Crippen molar-refractivity contribution < 1.29 is 14.6 Å². The molecule has 3 heterocycles. The Labute approximate surface area is 219 Å². The Morgan fingerprint density at radius 2 is 1.43 bits per heavy atom. The number of phenols is 2. The summed E-state index contributed by atoms with van der Waals surface area (Å²) in [5.41, 5.74) is 1.88. The molecule has 0 saturated carbocycles. The number of nitrogens with zero attached hydrogens (tertiary/aromatic N) is 2. The smallest absolute Gasteiger partial charge is 0.197 e. The number of likely N-dealkylation sites (tertiary alicyclic amines) is 2. The number of hydrogen-bond donors (Lipinski definition) is 2. The highest BCUT2D eigenvalue weighted by atomic mass is 16.3. The Morgan fingerprint density at radius 3 is 2.03 bits per heavy atom. The van der Waals surface area contributed by atoms with Crippen LogP contribution in [-0.2, 0) is 13.1 Å². The fourth-order valence-electron chi connectivity index (χ4n) is 6.39. The van der Waals surface area contributed by atoms with Gasteiger partial charge in [0.15, 0.2) is 11.0 Å². The summed E-state index contributed by atoms with van der Waals surface area (Å²) in [6, 6.07) is 11.8. The fourth-order valence-corrected chi connectivity index (χ4v) is 6.39. The van der Waals surface area contributed by atoms with Crippen LogP contribution in [0.25, 0.3) is 22.3 Å². The monoisotopic (exact) mass is 504 g/mol. The summed E-state index contributed by atoms with van der Waals surface area (Å²) < 4.78 is 6.36. The lowest BCUT2D eigenvalue weighted by atomic mass is 9.95. The summed E-state index contributed by atoms with van der Waals surface area (Å²) >= 11 is 0. The number of piperidine rings is 2. The van der Waals surface area contributed by atoms with E-state index in [0.29, 0.717) is 47.6 Å². The lowest BCUT2D eigenvalue weighted by Crippen LogP contribution is -2.39. The van der Waals surface area contributed by atoms with Crippen LogP contribution >= 0.6 is 0 Å². The molecule has 198 valence electrons. The first-order valence-corrected chi connectivity index (χ1v) is 14.1. The molecule has 2 fully saturated rings. The molecule has 0 aliphatic carbocycles. The Balaban J connectivity index is 1.67. The lowest BCUT2D eigenvalue weighted by molar-refractivity contribution is 0.130. The molecule has 0 bridgehead atoms. The molecule has 2 aliphatic rings. The van der Waals surface area contributed by atoms with Gasteiger partial charge in [-0.05, 0) is 51.6 Å². The second-order valence-corrected chi connectivity index (χ2v) is 10.8. The first kappa shape index (κ1) is 25.8. The molecule has 2 saturated heterocycles. The maximum Gasteiger partial charge on any atom is 0.197 e. The molecular formula is C31H40N2O4. The lowest BCUT2D eigenvalue weighted by Gasteiger charge is -2.37. The summed E-state index contributed by atoms with van der Waals surface area (Å²) in [6.07, 6.45) is 8.94. The van der Waals surface area contributed by atoms with Gasteiger partial charge in [-0.3, -0.25) is 14.6 Å². The second kappa shape index (κ2) is 11.3. The number of aromatic hydroxyl groups is 2. The number of benzene rings is 2. The van der Waals surface area contributed by atoms with Gasteiger partial charge in [0.25, 0.3) is 0 Å². The zero-order valence-corrected chi connectivity index (χ0v) is 22.2. The van der Waals surface area contributed by atoms with Crippen molar-refractivity contribution in [1.82, 2.24) is 9.80 Å². The Hall–Kier alpha value is -2.83. The van der Waals surface area contributed by atoms with E-state index in [4.69, 9.17) is 4.42 Å². The second-order valence-electron chi connectivity index (χ2n) is 10.8. The van der Waals surface area contributed by atoms with Gasteiger partial charge < -0.3 is 14.6 Å². The molecule has 5 rings (SSSR count). The van der Waals surface area contributed by atoms with Crippen molar-refractivity contribution in [3.8, 4) is 22.8 Å². The molecule has 6 heteroatoms. The van der Waals surface area contributed by atoms with Gasteiger partial charge in [-0.15, -0.1) is 0 Å². The van der Waals surface area contributed by atoms with Crippen LogP contribution in [0.5, 0.6) is 11.5 Å². The van der Waals surface area contributed by atoms with Crippen molar-refractivity contribution >= 4 is 11.0 Å². The summed E-state index contributed by atoms with van der Waals surface area (Å²) in [4.78, 5) is 18.3. The predicted molar refractivity (Wildman–Crippen MR) is 148 cm³/mol. The molecule has 2 aromatic carbocycles. The molecular weight excluding hydrogens is 464 g/mol. The van der Waals surface area contributed by atoms with Gasteiger partial charge in [0, 0.05) is 36.8 Å². The third-order valence-corrected chi connectivity index (χ3v) is 8.54. The van der Waals surface area contributed by atoms with Crippen molar-refractivity contribution in [3.05, 3.63) is 57.7 Å². The highest BCUT2D eigenvalue weighted by Crippen LogP contribution is 2.42. The molecule has 3 aromatic rings. The van der Waals surface area contributed by atoms with E-state index in [1.165, 1.54) is 18.9 Å². The van der Waals surface area contributed by atoms with E-state index in [-0.39, 0.29) is 22.3 Å². The number of phenolic OH excluding ortho intramolecular Hbond substituents is 2. The highest BCUT2D eigenvalue weighted by Gasteiger charge is 2.30. The molecule has 2 aliphatic heterocycles. The number of hydrogen-bond acceptors (Lipinski definition) is 6. The van der Waals surface area contributed by atoms with E-state index < -0.39 is 0 Å². The summed E-state index contributed by atoms with van der Waals surface area (Å²) in [6.45, 7) is 7.19. The topological polar surface area (TPSA) is 77.2 Å². The number of fused-ring (bicyclic) bond motifs is 1. The molecule has 0 amide bonds. The van der Waals surface area contributed by atoms with Gasteiger partial charge in [-0.1, -0.05) is 57.0 Å². The summed E-state index contributed by atoms with van der Waals surface area (Å²) in [5, 5.41) is 23.3. The molecule has 37 heavy (non-hydrogen) atoms. The van der Waals surface area contributed by atoms with Gasteiger partial charge in [0.2, 0.25) is 0 Å². The minimum absolute atomic E-state index is 0.0687. The normalized spacial score (nSPS) is 21.5. The van der Waals surface area contributed by atoms with Gasteiger partial charge in [-0.25, -0.2) is 0 Å². The third-order valence-electron chi connectivity index (χ3n) is 8.54. The van der Waals surface area contributed by atoms with Gasteiger partial charge in [0.05, 0.1) is 11.1 Å². The van der Waals surface area contributed by atoms with Crippen LogP contribution in [0.3, 0.4) is 0 Å². The minimum Gasteiger partial charge on any atom is -0.507 e. The molecule has 2 N–H and O–H groups in total. The summed E-state index contributed by atoms with van der Waals surface area (Å²) in [5.74, 6) is 0.369. The first-order chi connectivity index (χ1) is 18.0. The Morgan fingerprint density at radius 1 is 0.838 bits per heavy atom. The van der Waals surface area contributed by atoms with E-state index in [1.54, 1.807) is 0 Å². The van der Waals surface area contributed by atoms with Crippen LogP contribution in [0.15, 0.2) is 45.6 Å². The Bertz CT molecular complexity index is 1290. The van der Waals surface area contributed by atoms with E-state index in [2.05, 4.69) is 23.6 Å². The fraction of sp³-hybridized carbons (Fsp3) is 0.516. The largest absolute Gasteiger partial charge is 0.507 e. The van der Waals surface area contributed by atoms with Crippen molar-refractivity contribution in [3.63, 3.8) is 0 Å². The van der Waals surface area contributed by atoms with E-state index in [0.717, 1.165) is 57.2 Å². The quantitative estimate of drug-likeness (QED) is 0.388. The standard InChI is InChI=1S/C31H40N2O4/c1-3-22-14-8-10-16-32(22)19-24-29(35)25(20-33-17-11-9-15-23(33)4-2)31-28(30(24)36)26(34)18-27(37-31)21-12-6-5-7-13-21/h5-7,12-13,18,22-23,35-36H,3-4,8-11,14-17,19-20H2,1-2H3/t22-,23-/m1/s1. The zero-order valence-electron chi connectivity index (χ0n) is 22.2. The van der Waals surface area contributed by atoms with Gasteiger partial charge in [-0.2, -0.15) is 0 Å². The molecule has 0 spiro atoms. The molecule has 2 atom stereocenters. The van der Waals surface area contributed by atoms with Crippen LogP contribution in [0, 0.1) is 0 Å². The van der Waals surface area contributed by atoms with Gasteiger partial charge >= 0.3 is 0 Å². The number of rotatable bonds is 7. The molecule has 6 nitrogen and oxygen atoms in total. The molecule has 1 aromatic heterocycles. The predicted octanol–water partition coefficient (Wildman–Crippen LogP) is 6.40. The molecule has 0 radical (unpaired) electrons. The van der Waals surface area contributed by atoms with E-state index in [1.807, 2.05) is 30.3 Å².